The van der Waals surface area contributed by atoms with Gasteiger partial charge in [0.1, 0.15) is 0 Å². The summed E-state index contributed by atoms with van der Waals surface area (Å²) in [7, 11) is 0. The molecule has 1 saturated carbocycles. The first-order chi connectivity index (χ1) is 7.75. The van der Waals surface area contributed by atoms with Crippen LogP contribution in [0.15, 0.2) is 24.5 Å². The highest BCUT2D eigenvalue weighted by molar-refractivity contribution is 5.67. The zero-order chi connectivity index (χ0) is 11.4. The third kappa shape index (κ3) is 2.81. The maximum atomic E-state index is 10.7. The van der Waals surface area contributed by atoms with Gasteiger partial charge in [0.2, 0.25) is 0 Å². The second-order valence-electron chi connectivity index (χ2n) is 4.61. The van der Waals surface area contributed by atoms with E-state index in [4.69, 9.17) is 5.11 Å². The van der Waals surface area contributed by atoms with E-state index in [0.29, 0.717) is 18.3 Å². The third-order valence-electron chi connectivity index (χ3n) is 3.50. The van der Waals surface area contributed by atoms with Gasteiger partial charge >= 0.3 is 5.97 Å². The van der Waals surface area contributed by atoms with Gasteiger partial charge in [-0.25, -0.2) is 0 Å². The standard InChI is InChI=1S/C13H17NO2/c15-13(16)9-12-3-1-2-11(12)8-10-4-6-14-7-5-10/h4-7,11-12H,1-3,8-9H2,(H,15,16). The van der Waals surface area contributed by atoms with Crippen molar-refractivity contribution >= 4 is 5.97 Å². The molecule has 0 amide bonds. The monoisotopic (exact) mass is 219 g/mol. The van der Waals surface area contributed by atoms with E-state index in [-0.39, 0.29) is 0 Å². The molecular weight excluding hydrogens is 202 g/mol. The second-order valence-corrected chi connectivity index (χ2v) is 4.61. The summed E-state index contributed by atoms with van der Waals surface area (Å²) in [6.07, 6.45) is 8.35. The van der Waals surface area contributed by atoms with E-state index in [2.05, 4.69) is 4.98 Å². The van der Waals surface area contributed by atoms with Crippen LogP contribution < -0.4 is 0 Å². The van der Waals surface area contributed by atoms with Gasteiger partial charge in [-0.1, -0.05) is 6.42 Å². The molecule has 2 atom stereocenters. The third-order valence-corrected chi connectivity index (χ3v) is 3.50. The normalized spacial score (nSPS) is 24.5. The van der Waals surface area contributed by atoms with Crippen LogP contribution >= 0.6 is 0 Å². The fourth-order valence-electron chi connectivity index (χ4n) is 2.70. The van der Waals surface area contributed by atoms with Crippen molar-refractivity contribution in [3.05, 3.63) is 30.1 Å². The molecule has 1 aromatic rings. The van der Waals surface area contributed by atoms with E-state index >= 15 is 0 Å². The molecule has 0 bridgehead atoms. The van der Waals surface area contributed by atoms with Crippen molar-refractivity contribution in [2.75, 3.05) is 0 Å². The molecule has 16 heavy (non-hydrogen) atoms. The lowest BCUT2D eigenvalue weighted by atomic mass is 9.88. The van der Waals surface area contributed by atoms with E-state index in [9.17, 15) is 4.79 Å². The Hall–Kier alpha value is -1.38. The van der Waals surface area contributed by atoms with Crippen molar-refractivity contribution in [2.24, 2.45) is 11.8 Å². The summed E-state index contributed by atoms with van der Waals surface area (Å²) in [4.78, 5) is 14.7. The number of nitrogens with zero attached hydrogens (tertiary/aromatic N) is 1. The molecule has 0 saturated heterocycles. The molecule has 1 fully saturated rings. The van der Waals surface area contributed by atoms with Crippen LogP contribution in [0.3, 0.4) is 0 Å². The summed E-state index contributed by atoms with van der Waals surface area (Å²) in [6, 6.07) is 4.05. The maximum Gasteiger partial charge on any atom is 0.303 e. The van der Waals surface area contributed by atoms with Crippen LogP contribution in [0.1, 0.15) is 31.2 Å². The topological polar surface area (TPSA) is 50.2 Å². The van der Waals surface area contributed by atoms with Crippen LogP contribution in [-0.2, 0) is 11.2 Å². The van der Waals surface area contributed by atoms with Crippen LogP contribution in [0.25, 0.3) is 0 Å². The first kappa shape index (κ1) is 11.1. The molecule has 3 nitrogen and oxygen atoms in total. The fraction of sp³-hybridized carbons (Fsp3) is 0.538. The molecule has 3 heteroatoms. The lowest BCUT2D eigenvalue weighted by Crippen LogP contribution is -2.15. The highest BCUT2D eigenvalue weighted by Crippen LogP contribution is 2.36. The van der Waals surface area contributed by atoms with Gasteiger partial charge in [-0.2, -0.15) is 0 Å². The highest BCUT2D eigenvalue weighted by Gasteiger charge is 2.28. The van der Waals surface area contributed by atoms with Gasteiger partial charge in [-0.15, -0.1) is 0 Å². The fourth-order valence-corrected chi connectivity index (χ4v) is 2.70. The van der Waals surface area contributed by atoms with Crippen molar-refractivity contribution in [1.29, 1.82) is 0 Å². The summed E-state index contributed by atoms with van der Waals surface area (Å²) in [5.74, 6) is 0.246. The highest BCUT2D eigenvalue weighted by atomic mass is 16.4. The Kier molecular flexibility index (Phi) is 3.54. The largest absolute Gasteiger partial charge is 0.481 e. The first-order valence-electron chi connectivity index (χ1n) is 5.86. The minimum absolute atomic E-state index is 0.329. The minimum Gasteiger partial charge on any atom is -0.481 e. The van der Waals surface area contributed by atoms with Crippen LogP contribution in [-0.4, -0.2) is 16.1 Å². The molecule has 0 aromatic carbocycles. The van der Waals surface area contributed by atoms with Gasteiger partial charge < -0.3 is 5.11 Å². The summed E-state index contributed by atoms with van der Waals surface area (Å²) >= 11 is 0. The Morgan fingerprint density at radius 2 is 2.00 bits per heavy atom. The van der Waals surface area contributed by atoms with Crippen molar-refractivity contribution in [3.8, 4) is 0 Å². The van der Waals surface area contributed by atoms with E-state index in [1.807, 2.05) is 12.1 Å². The number of carboxylic acid groups (broad SMARTS) is 1. The van der Waals surface area contributed by atoms with Gasteiger partial charge in [-0.3, -0.25) is 9.78 Å². The lowest BCUT2D eigenvalue weighted by molar-refractivity contribution is -0.138. The van der Waals surface area contributed by atoms with Crippen LogP contribution in [0.5, 0.6) is 0 Å². The van der Waals surface area contributed by atoms with E-state index in [1.54, 1.807) is 12.4 Å². The molecule has 1 aliphatic carbocycles. The molecule has 1 aromatic heterocycles. The van der Waals surface area contributed by atoms with Gasteiger partial charge in [0, 0.05) is 18.8 Å². The van der Waals surface area contributed by atoms with E-state index in [1.165, 1.54) is 18.4 Å². The summed E-state index contributed by atoms with van der Waals surface area (Å²) in [6.45, 7) is 0. The predicted molar refractivity (Wildman–Crippen MR) is 61.0 cm³/mol. The Labute approximate surface area is 95.5 Å². The minimum atomic E-state index is -0.661. The number of hydrogen-bond acceptors (Lipinski definition) is 2. The zero-order valence-corrected chi connectivity index (χ0v) is 9.30. The Balaban J connectivity index is 1.96. The smallest absolute Gasteiger partial charge is 0.303 e. The molecule has 0 aliphatic heterocycles. The lowest BCUT2D eigenvalue weighted by Gasteiger charge is -2.17. The summed E-state index contributed by atoms with van der Waals surface area (Å²) in [5, 5.41) is 8.85. The predicted octanol–water partition coefficient (Wildman–Crippen LogP) is 2.52. The maximum absolute atomic E-state index is 10.7. The molecule has 2 rings (SSSR count). The Morgan fingerprint density at radius 3 is 2.69 bits per heavy atom. The molecule has 0 spiro atoms. The van der Waals surface area contributed by atoms with Crippen LogP contribution in [0.4, 0.5) is 0 Å². The Bertz CT molecular complexity index is 350. The second kappa shape index (κ2) is 5.10. The number of pyridine rings is 1. The van der Waals surface area contributed by atoms with Crippen LogP contribution in [0.2, 0.25) is 0 Å². The zero-order valence-electron chi connectivity index (χ0n) is 9.30. The number of aliphatic carboxylic acids is 1. The number of aromatic nitrogens is 1. The van der Waals surface area contributed by atoms with E-state index < -0.39 is 5.97 Å². The molecule has 2 unspecified atom stereocenters. The molecule has 1 aliphatic rings. The quantitative estimate of drug-likeness (QED) is 0.846. The first-order valence-corrected chi connectivity index (χ1v) is 5.86. The van der Waals surface area contributed by atoms with Crippen molar-refractivity contribution in [1.82, 2.24) is 4.98 Å². The molecule has 1 N–H and O–H groups in total. The van der Waals surface area contributed by atoms with Crippen LogP contribution in [0, 0.1) is 11.8 Å². The SMILES string of the molecule is O=C(O)CC1CCCC1Cc1ccncc1. The summed E-state index contributed by atoms with van der Waals surface area (Å²) in [5.41, 5.74) is 1.28. The molecule has 1 heterocycles. The number of hydrogen-bond donors (Lipinski definition) is 1. The van der Waals surface area contributed by atoms with Gasteiger partial charge in [0.15, 0.2) is 0 Å². The molecular formula is C13H17NO2. The average Bonchev–Trinajstić information content (AvgIpc) is 2.66. The van der Waals surface area contributed by atoms with Crippen molar-refractivity contribution in [2.45, 2.75) is 32.1 Å². The van der Waals surface area contributed by atoms with Gasteiger partial charge in [-0.05, 0) is 48.8 Å². The number of rotatable bonds is 4. The van der Waals surface area contributed by atoms with Crippen molar-refractivity contribution < 1.29 is 9.90 Å². The molecule has 86 valence electrons. The van der Waals surface area contributed by atoms with Gasteiger partial charge in [0.25, 0.3) is 0 Å². The van der Waals surface area contributed by atoms with Crippen molar-refractivity contribution in [3.63, 3.8) is 0 Å². The Morgan fingerprint density at radius 1 is 1.31 bits per heavy atom. The average molecular weight is 219 g/mol. The molecule has 0 radical (unpaired) electrons. The van der Waals surface area contributed by atoms with E-state index in [0.717, 1.165) is 12.8 Å². The number of carboxylic acids is 1. The number of carbonyl (C=O) groups is 1. The summed E-state index contributed by atoms with van der Waals surface area (Å²) < 4.78 is 0. The van der Waals surface area contributed by atoms with Gasteiger partial charge in [0.05, 0.1) is 0 Å².